The predicted octanol–water partition coefficient (Wildman–Crippen LogP) is 3.16. The molecule has 0 bridgehead atoms. The Morgan fingerprint density at radius 2 is 1.57 bits per heavy atom. The topological polar surface area (TPSA) is 217 Å². The Hall–Kier alpha value is -3.84. The summed E-state index contributed by atoms with van der Waals surface area (Å²) in [5.41, 5.74) is -2.49. The minimum Gasteiger partial charge on any atom is -0.507 e. The number of fused-ring (bicyclic) bond motifs is 3. The van der Waals surface area contributed by atoms with Crippen molar-refractivity contribution in [3.8, 4) is 11.5 Å². The Morgan fingerprint density at radius 1 is 0.897 bits per heavy atom. The number of hydrogen-bond acceptors (Lipinski definition) is 16. The largest absolute Gasteiger partial charge is 0.507 e. The zero-order chi connectivity index (χ0) is 42.0. The predicted molar refractivity (Wildman–Crippen MR) is 201 cm³/mol. The van der Waals surface area contributed by atoms with Crippen LogP contribution >= 0.6 is 0 Å². The second-order valence-corrected chi connectivity index (χ2v) is 16.3. The van der Waals surface area contributed by atoms with Gasteiger partial charge in [-0.05, 0) is 59.0 Å². The molecule has 316 valence electrons. The third kappa shape index (κ3) is 7.47. The first-order valence-corrected chi connectivity index (χ1v) is 19.9. The molecule has 2 aliphatic carbocycles. The Kier molecular flexibility index (Phi) is 11.9. The van der Waals surface area contributed by atoms with Crippen LogP contribution in [0.4, 0.5) is 0 Å². The van der Waals surface area contributed by atoms with Crippen LogP contribution in [0.2, 0.25) is 0 Å². The highest BCUT2D eigenvalue weighted by atomic mass is 16.7. The fourth-order valence-corrected chi connectivity index (χ4v) is 9.27. The smallest absolute Gasteiger partial charge is 0.316 e. The van der Waals surface area contributed by atoms with Crippen molar-refractivity contribution in [3.05, 3.63) is 57.6 Å². The van der Waals surface area contributed by atoms with Crippen molar-refractivity contribution in [2.75, 3.05) is 21.2 Å². The summed E-state index contributed by atoms with van der Waals surface area (Å²) in [5, 5.41) is 45.9. The molecule has 5 aliphatic rings. The Bertz CT molecular complexity index is 1940. The number of aliphatic hydroxyl groups is 2. The quantitative estimate of drug-likeness (QED) is 0.228. The number of phenolic OH excluding ortho intramolecular Hbond substituents is 2. The fourth-order valence-electron chi connectivity index (χ4n) is 9.27. The first-order valence-electron chi connectivity index (χ1n) is 19.9. The van der Waals surface area contributed by atoms with Gasteiger partial charge in [0, 0.05) is 54.8 Å². The third-order valence-corrected chi connectivity index (χ3v) is 12.4. The number of likely N-dealkylation sites (N-methyl/N-ethyl adjacent to an activating group) is 1. The van der Waals surface area contributed by atoms with E-state index in [0.29, 0.717) is 12.8 Å². The molecular formula is C42H53NO15. The minimum absolute atomic E-state index is 0.00573. The van der Waals surface area contributed by atoms with Gasteiger partial charge in [0.2, 0.25) is 5.78 Å². The molecule has 0 aromatic heterocycles. The highest BCUT2D eigenvalue weighted by molar-refractivity contribution is 6.30. The highest BCUT2D eigenvalue weighted by Gasteiger charge is 2.53. The summed E-state index contributed by atoms with van der Waals surface area (Å²) in [4.78, 5) is 55.0. The Balaban J connectivity index is 1.13. The van der Waals surface area contributed by atoms with E-state index >= 15 is 0 Å². The number of ketones is 3. The molecule has 0 radical (unpaired) electrons. The third-order valence-electron chi connectivity index (χ3n) is 12.4. The van der Waals surface area contributed by atoms with Crippen LogP contribution in [0.5, 0.6) is 11.5 Å². The first kappa shape index (κ1) is 42.3. The number of carbonyl (C=O) groups excluding carboxylic acids is 4. The van der Waals surface area contributed by atoms with E-state index in [0.717, 1.165) is 0 Å². The lowest BCUT2D eigenvalue weighted by Gasteiger charge is -2.48. The number of aliphatic hydroxyl groups excluding tert-OH is 1. The second-order valence-electron chi connectivity index (χ2n) is 16.3. The number of methoxy groups -OCH3 is 1. The van der Waals surface area contributed by atoms with E-state index < -0.39 is 102 Å². The van der Waals surface area contributed by atoms with Crippen molar-refractivity contribution < 1.29 is 72.8 Å². The lowest BCUT2D eigenvalue weighted by molar-refractivity contribution is -0.324. The van der Waals surface area contributed by atoms with Gasteiger partial charge in [-0.1, -0.05) is 19.1 Å². The van der Waals surface area contributed by atoms with Crippen LogP contribution in [0, 0.1) is 0 Å². The summed E-state index contributed by atoms with van der Waals surface area (Å²) in [6.45, 7) is 6.95. The maximum absolute atomic E-state index is 13.9. The summed E-state index contributed by atoms with van der Waals surface area (Å²) < 4.78 is 42.6. The number of benzene rings is 2. The summed E-state index contributed by atoms with van der Waals surface area (Å²) in [6.07, 6.45) is -6.64. The maximum Gasteiger partial charge on any atom is 0.316 e. The number of nitrogens with zero attached hydrogens (tertiary/aromatic N) is 1. The molecule has 13 atom stereocenters. The van der Waals surface area contributed by atoms with Crippen LogP contribution < -0.4 is 0 Å². The molecule has 7 rings (SSSR count). The van der Waals surface area contributed by atoms with Gasteiger partial charge in [0.1, 0.15) is 35.7 Å². The van der Waals surface area contributed by atoms with Gasteiger partial charge in [-0.2, -0.15) is 0 Å². The number of esters is 1. The van der Waals surface area contributed by atoms with Crippen molar-refractivity contribution >= 4 is 23.3 Å². The van der Waals surface area contributed by atoms with Gasteiger partial charge in [0.15, 0.2) is 30.4 Å². The van der Waals surface area contributed by atoms with Crippen molar-refractivity contribution in [1.29, 1.82) is 0 Å². The molecule has 16 heteroatoms. The zero-order valence-electron chi connectivity index (χ0n) is 33.7. The van der Waals surface area contributed by atoms with Crippen molar-refractivity contribution in [2.24, 2.45) is 0 Å². The molecule has 16 nitrogen and oxygen atoms in total. The van der Waals surface area contributed by atoms with E-state index in [1.165, 1.54) is 31.4 Å². The van der Waals surface area contributed by atoms with E-state index in [2.05, 4.69) is 0 Å². The summed E-state index contributed by atoms with van der Waals surface area (Å²) >= 11 is 0. The molecule has 3 saturated heterocycles. The monoisotopic (exact) mass is 811 g/mol. The molecule has 0 spiro atoms. The van der Waals surface area contributed by atoms with Crippen LogP contribution in [-0.4, -0.2) is 137 Å². The van der Waals surface area contributed by atoms with Crippen LogP contribution in [0.1, 0.15) is 121 Å². The van der Waals surface area contributed by atoms with Crippen LogP contribution in [0.3, 0.4) is 0 Å². The number of aromatic hydroxyl groups is 2. The lowest BCUT2D eigenvalue weighted by Crippen LogP contribution is -2.58. The van der Waals surface area contributed by atoms with Crippen LogP contribution in [0.15, 0.2) is 24.3 Å². The van der Waals surface area contributed by atoms with E-state index in [1.54, 1.807) is 27.7 Å². The fraction of sp³-hybridized carbons (Fsp3) is 0.619. The molecule has 2 aromatic rings. The van der Waals surface area contributed by atoms with Crippen molar-refractivity contribution in [2.45, 2.75) is 145 Å². The molecule has 0 saturated carbocycles. The molecule has 4 N–H and O–H groups in total. The Labute approximate surface area is 336 Å². The van der Waals surface area contributed by atoms with Gasteiger partial charge in [-0.25, -0.2) is 0 Å². The van der Waals surface area contributed by atoms with Gasteiger partial charge in [-0.3, -0.25) is 19.2 Å². The number of rotatable bonds is 9. The van der Waals surface area contributed by atoms with Gasteiger partial charge in [0.05, 0.1) is 48.3 Å². The number of phenols is 2. The van der Waals surface area contributed by atoms with E-state index in [4.69, 9.17) is 33.2 Å². The van der Waals surface area contributed by atoms with Gasteiger partial charge in [-0.15, -0.1) is 0 Å². The average molecular weight is 812 g/mol. The summed E-state index contributed by atoms with van der Waals surface area (Å²) in [7, 11) is 4.91. The van der Waals surface area contributed by atoms with Crippen LogP contribution in [-0.2, 0) is 42.7 Å². The van der Waals surface area contributed by atoms with Crippen molar-refractivity contribution in [3.63, 3.8) is 0 Å². The number of hydrogen-bond donors (Lipinski definition) is 4. The standard InChI is InChI=1S/C42H53NO15/c1-8-42(51)17-28(33-22(35(42)41(50)52-7)14-23-34(38(33)49)37(48)32-21(36(23)47)10-9-11-26(32)45)56-30-15-24(43(5)6)39(19(3)54-30)58-31-16-27(46)40(20(4)55-31)57-29-13-12-25(44)18(2)53-29/h9-11,14,18-20,24,27-31,35,39-40,45-46,49,51H,8,12-13,15-17H2,1-7H3/t18-,19-,20-,24-,27-,28-,29-,30-,31-,35-,39+,40-,42+/m0/s1. The summed E-state index contributed by atoms with van der Waals surface area (Å²) in [5.74, 6) is -4.59. The second kappa shape index (κ2) is 16.3. The van der Waals surface area contributed by atoms with Crippen LogP contribution in [0.25, 0.3) is 0 Å². The molecule has 0 amide bonds. The zero-order valence-corrected chi connectivity index (χ0v) is 33.7. The molecule has 2 aromatic carbocycles. The SMILES string of the molecule is CC[C@@]1(O)C[C@H](O[C@H]2C[C@H](N(C)C)[C@H](O[C@H]3C[C@H](O)[C@@H](O[C@H]4CCC(=O)[C@H](C)O4)[C@H](C)O3)[C@H](C)O2)c2c(cc3c(c2O)C(=O)c2c(O)cccc2C3=O)[C@H]1C(=O)OC. The molecule has 3 fully saturated rings. The van der Waals surface area contributed by atoms with Gasteiger partial charge in [0.25, 0.3) is 0 Å². The average Bonchev–Trinajstić information content (AvgIpc) is 3.17. The number of carbonyl (C=O) groups is 4. The Morgan fingerprint density at radius 3 is 2.21 bits per heavy atom. The van der Waals surface area contributed by atoms with E-state index in [1.807, 2.05) is 19.0 Å². The normalized spacial score (nSPS) is 36.3. The van der Waals surface area contributed by atoms with Gasteiger partial charge >= 0.3 is 5.97 Å². The minimum atomic E-state index is -1.76. The number of ether oxygens (including phenoxy) is 7. The first-order chi connectivity index (χ1) is 27.5. The lowest BCUT2D eigenvalue weighted by atomic mass is 9.67. The van der Waals surface area contributed by atoms with Gasteiger partial charge < -0.3 is 58.5 Å². The van der Waals surface area contributed by atoms with E-state index in [-0.39, 0.29) is 70.9 Å². The molecule has 3 aliphatic heterocycles. The molecule has 58 heavy (non-hydrogen) atoms. The maximum atomic E-state index is 13.9. The highest BCUT2D eigenvalue weighted by Crippen LogP contribution is 2.54. The molecule has 3 heterocycles. The molecular weight excluding hydrogens is 758 g/mol. The number of Topliss-reactive ketones (excluding diaryl/α,β-unsaturated/α-hetero) is 1. The summed E-state index contributed by atoms with van der Waals surface area (Å²) in [6, 6.07) is 5.11. The van der Waals surface area contributed by atoms with Crippen molar-refractivity contribution in [1.82, 2.24) is 4.90 Å². The van der Waals surface area contributed by atoms with E-state index in [9.17, 15) is 39.6 Å². The molecule has 0 unspecified atom stereocenters.